The average Bonchev–Trinajstić information content (AvgIpc) is 2.92. The first-order chi connectivity index (χ1) is 7.86. The Labute approximate surface area is 99.6 Å². The number of hydrogen-bond acceptors (Lipinski definition) is 2. The largest absolute Gasteiger partial charge is 0.330 e. The second-order valence-corrected chi connectivity index (χ2v) is 6.33. The summed E-state index contributed by atoms with van der Waals surface area (Å²) in [6.07, 6.45) is 10.2. The van der Waals surface area contributed by atoms with Crippen LogP contribution in [0.15, 0.2) is 0 Å². The van der Waals surface area contributed by atoms with Crippen molar-refractivity contribution >= 4 is 0 Å². The van der Waals surface area contributed by atoms with Crippen molar-refractivity contribution in [1.82, 2.24) is 4.90 Å². The van der Waals surface area contributed by atoms with Crippen LogP contribution in [0.2, 0.25) is 0 Å². The molecular formula is C14H26N2. The molecule has 1 saturated heterocycles. The Hall–Kier alpha value is -0.0800. The van der Waals surface area contributed by atoms with Gasteiger partial charge in [-0.25, -0.2) is 0 Å². The first-order valence-corrected chi connectivity index (χ1v) is 7.31. The van der Waals surface area contributed by atoms with Gasteiger partial charge in [-0.1, -0.05) is 12.8 Å². The molecule has 0 radical (unpaired) electrons. The fraction of sp³-hybridized carbons (Fsp3) is 1.00. The minimum Gasteiger partial charge on any atom is -0.330 e. The van der Waals surface area contributed by atoms with E-state index in [0.717, 1.165) is 30.3 Å². The summed E-state index contributed by atoms with van der Waals surface area (Å²) in [4.78, 5) is 2.80. The van der Waals surface area contributed by atoms with Crippen LogP contribution in [0.1, 0.15) is 44.9 Å². The van der Waals surface area contributed by atoms with Gasteiger partial charge in [0.2, 0.25) is 0 Å². The summed E-state index contributed by atoms with van der Waals surface area (Å²) in [5.74, 6) is 2.79. The summed E-state index contributed by atoms with van der Waals surface area (Å²) < 4.78 is 0. The maximum atomic E-state index is 5.93. The number of fused-ring (bicyclic) bond motifs is 2. The lowest BCUT2D eigenvalue weighted by Gasteiger charge is -2.36. The van der Waals surface area contributed by atoms with E-state index in [1.807, 2.05) is 0 Å². The van der Waals surface area contributed by atoms with Crippen LogP contribution in [0.5, 0.6) is 0 Å². The smallest absolute Gasteiger partial charge is 0.00987 e. The van der Waals surface area contributed by atoms with Crippen molar-refractivity contribution in [3.8, 4) is 0 Å². The number of nitrogens with two attached hydrogens (primary N) is 1. The molecule has 0 spiro atoms. The Kier molecular flexibility index (Phi) is 3.21. The molecule has 3 fully saturated rings. The van der Waals surface area contributed by atoms with Gasteiger partial charge in [-0.3, -0.25) is 4.90 Å². The summed E-state index contributed by atoms with van der Waals surface area (Å²) in [5, 5.41) is 0. The van der Waals surface area contributed by atoms with Crippen LogP contribution in [0, 0.1) is 17.8 Å². The summed E-state index contributed by atoms with van der Waals surface area (Å²) in [6, 6.07) is 0.949. The van der Waals surface area contributed by atoms with E-state index >= 15 is 0 Å². The third kappa shape index (κ3) is 2.02. The van der Waals surface area contributed by atoms with Gasteiger partial charge >= 0.3 is 0 Å². The van der Waals surface area contributed by atoms with Crippen LogP contribution in [0.4, 0.5) is 0 Å². The van der Waals surface area contributed by atoms with Crippen LogP contribution in [0.25, 0.3) is 0 Å². The van der Waals surface area contributed by atoms with Crippen molar-refractivity contribution in [1.29, 1.82) is 0 Å². The van der Waals surface area contributed by atoms with E-state index in [-0.39, 0.29) is 0 Å². The maximum absolute atomic E-state index is 5.93. The second-order valence-electron chi connectivity index (χ2n) is 6.33. The van der Waals surface area contributed by atoms with Gasteiger partial charge in [-0.05, 0) is 56.4 Å². The predicted octanol–water partition coefficient (Wildman–Crippen LogP) is 2.24. The molecule has 0 aromatic carbocycles. The summed E-state index contributed by atoms with van der Waals surface area (Å²) in [6.45, 7) is 3.69. The quantitative estimate of drug-likeness (QED) is 0.793. The molecule has 4 atom stereocenters. The van der Waals surface area contributed by atoms with E-state index in [1.54, 1.807) is 0 Å². The summed E-state index contributed by atoms with van der Waals surface area (Å²) in [5.41, 5.74) is 5.93. The van der Waals surface area contributed by atoms with E-state index < -0.39 is 0 Å². The van der Waals surface area contributed by atoms with Crippen molar-refractivity contribution in [2.75, 3.05) is 19.6 Å². The highest BCUT2D eigenvalue weighted by atomic mass is 15.2. The molecular weight excluding hydrogens is 196 g/mol. The molecule has 1 heterocycles. The Morgan fingerprint density at radius 2 is 1.81 bits per heavy atom. The van der Waals surface area contributed by atoms with Crippen molar-refractivity contribution in [3.63, 3.8) is 0 Å². The first kappa shape index (κ1) is 11.0. The molecule has 16 heavy (non-hydrogen) atoms. The number of hydrogen-bond donors (Lipinski definition) is 1. The molecule has 92 valence electrons. The minimum atomic E-state index is 0.827. The summed E-state index contributed by atoms with van der Waals surface area (Å²) >= 11 is 0. The third-order valence-corrected chi connectivity index (χ3v) is 5.36. The van der Waals surface area contributed by atoms with Crippen molar-refractivity contribution in [2.24, 2.45) is 23.5 Å². The highest BCUT2D eigenvalue weighted by molar-refractivity contribution is 4.93. The highest BCUT2D eigenvalue weighted by Crippen LogP contribution is 2.39. The van der Waals surface area contributed by atoms with Gasteiger partial charge < -0.3 is 5.73 Å². The van der Waals surface area contributed by atoms with E-state index in [9.17, 15) is 0 Å². The average molecular weight is 222 g/mol. The number of likely N-dealkylation sites (tertiary alicyclic amines) is 1. The molecule has 2 bridgehead atoms. The van der Waals surface area contributed by atoms with Crippen LogP contribution in [0.3, 0.4) is 0 Å². The number of rotatable bonds is 3. The lowest BCUT2D eigenvalue weighted by molar-refractivity contribution is 0.128. The summed E-state index contributed by atoms with van der Waals surface area (Å²) in [7, 11) is 0. The van der Waals surface area contributed by atoms with Crippen LogP contribution in [-0.4, -0.2) is 30.6 Å². The highest BCUT2D eigenvalue weighted by Gasteiger charge is 2.39. The first-order valence-electron chi connectivity index (χ1n) is 7.31. The second kappa shape index (κ2) is 4.66. The number of nitrogens with zero attached hydrogens (tertiary/aromatic N) is 1. The lowest BCUT2D eigenvalue weighted by Crippen LogP contribution is -2.40. The molecule has 2 heteroatoms. The zero-order chi connectivity index (χ0) is 11.0. The Bertz CT molecular complexity index is 241. The van der Waals surface area contributed by atoms with Gasteiger partial charge in [-0.2, -0.15) is 0 Å². The van der Waals surface area contributed by atoms with Crippen molar-refractivity contribution in [3.05, 3.63) is 0 Å². The van der Waals surface area contributed by atoms with Gasteiger partial charge in [0.25, 0.3) is 0 Å². The van der Waals surface area contributed by atoms with Gasteiger partial charge in [-0.15, -0.1) is 0 Å². The van der Waals surface area contributed by atoms with Crippen molar-refractivity contribution < 1.29 is 0 Å². The molecule has 3 rings (SSSR count). The van der Waals surface area contributed by atoms with E-state index in [0.29, 0.717) is 0 Å². The molecule has 3 aliphatic rings. The maximum Gasteiger partial charge on any atom is 0.00987 e. The molecule has 2 N–H and O–H groups in total. The van der Waals surface area contributed by atoms with E-state index in [1.165, 1.54) is 58.0 Å². The monoisotopic (exact) mass is 222 g/mol. The van der Waals surface area contributed by atoms with E-state index in [4.69, 9.17) is 5.73 Å². The van der Waals surface area contributed by atoms with Crippen LogP contribution >= 0.6 is 0 Å². The molecule has 2 nitrogen and oxygen atoms in total. The van der Waals surface area contributed by atoms with Gasteiger partial charge in [0, 0.05) is 19.1 Å². The van der Waals surface area contributed by atoms with Gasteiger partial charge in [0.15, 0.2) is 0 Å². The van der Waals surface area contributed by atoms with Gasteiger partial charge in [0.05, 0.1) is 0 Å². The third-order valence-electron chi connectivity index (χ3n) is 5.36. The Morgan fingerprint density at radius 3 is 2.44 bits per heavy atom. The molecule has 2 aliphatic carbocycles. The predicted molar refractivity (Wildman–Crippen MR) is 67.2 cm³/mol. The zero-order valence-electron chi connectivity index (χ0n) is 10.4. The normalized spacial score (nSPS) is 44.1. The molecule has 0 aromatic rings. The van der Waals surface area contributed by atoms with Crippen LogP contribution in [-0.2, 0) is 0 Å². The Morgan fingerprint density at radius 1 is 1.00 bits per heavy atom. The Balaban J connectivity index is 1.56. The topological polar surface area (TPSA) is 29.3 Å². The molecule has 1 aliphatic heterocycles. The van der Waals surface area contributed by atoms with Crippen molar-refractivity contribution in [2.45, 2.75) is 51.0 Å². The van der Waals surface area contributed by atoms with Crippen LogP contribution < -0.4 is 5.73 Å². The lowest BCUT2D eigenvalue weighted by atomic mass is 9.79. The fourth-order valence-electron chi connectivity index (χ4n) is 4.39. The number of piperidine rings is 1. The standard InChI is InChI=1S/C14H26N2/c15-8-12-3-1-2-4-13(12)10-16-9-11-5-6-14(16)7-11/h11-14H,1-10,15H2. The zero-order valence-corrected chi connectivity index (χ0v) is 10.4. The van der Waals surface area contributed by atoms with E-state index in [2.05, 4.69) is 4.90 Å². The SMILES string of the molecule is NCC1CCCCC1CN1CC2CCC1C2. The van der Waals surface area contributed by atoms with Gasteiger partial charge in [0.1, 0.15) is 0 Å². The molecule has 2 saturated carbocycles. The minimum absolute atomic E-state index is 0.827. The molecule has 4 unspecified atom stereocenters. The molecule has 0 aromatic heterocycles. The fourth-order valence-corrected chi connectivity index (χ4v) is 4.39. The molecule has 0 amide bonds.